The Morgan fingerprint density at radius 2 is 1.78 bits per heavy atom. The fourth-order valence-electron chi connectivity index (χ4n) is 4.31. The number of nitrogens with zero attached hydrogens (tertiary/aromatic N) is 2. The van der Waals surface area contributed by atoms with Crippen LogP contribution in [0.2, 0.25) is 0 Å². The van der Waals surface area contributed by atoms with Gasteiger partial charge in [-0.3, -0.25) is 14.7 Å². The predicted octanol–water partition coefficient (Wildman–Crippen LogP) is 5.24. The summed E-state index contributed by atoms with van der Waals surface area (Å²) in [5.41, 5.74) is -0.191. The molecule has 7 nitrogen and oxygen atoms in total. The number of hydrogen-bond donors (Lipinski definition) is 0. The summed E-state index contributed by atoms with van der Waals surface area (Å²) in [6, 6.07) is 10.8. The van der Waals surface area contributed by atoms with Crippen molar-refractivity contribution in [1.29, 1.82) is 0 Å². The van der Waals surface area contributed by atoms with Gasteiger partial charge >= 0.3 is 6.18 Å². The lowest BCUT2D eigenvalue weighted by Crippen LogP contribution is -2.32. The van der Waals surface area contributed by atoms with Gasteiger partial charge in [-0.15, -0.1) is 0 Å². The molecule has 0 unspecified atom stereocenters. The molecule has 4 aromatic rings. The summed E-state index contributed by atoms with van der Waals surface area (Å²) in [6.45, 7) is 0.963. The second-order valence-electron chi connectivity index (χ2n) is 8.24. The van der Waals surface area contributed by atoms with Gasteiger partial charge in [0.05, 0.1) is 30.7 Å². The Hall–Kier alpha value is -4.05. The van der Waals surface area contributed by atoms with Gasteiger partial charge in [0, 0.05) is 25.5 Å². The van der Waals surface area contributed by atoms with Crippen molar-refractivity contribution in [3.8, 4) is 28.4 Å². The van der Waals surface area contributed by atoms with Gasteiger partial charge < -0.3 is 18.6 Å². The molecule has 2 aromatic heterocycles. The van der Waals surface area contributed by atoms with E-state index < -0.39 is 22.9 Å². The Bertz CT molecular complexity index is 1490. The SMILES string of the molecule is COc1ccc(-c2c(C(F)(F)F)oc3c4c(ccc3c2=O)OCN(Cc2ccncc2)C4)cc1OC. The van der Waals surface area contributed by atoms with Crippen molar-refractivity contribution in [2.24, 2.45) is 0 Å². The molecular weight excluding hydrogens is 477 g/mol. The molecule has 0 atom stereocenters. The lowest BCUT2D eigenvalue weighted by atomic mass is 9.99. The van der Waals surface area contributed by atoms with Gasteiger partial charge in [0.2, 0.25) is 11.2 Å². The molecule has 0 aliphatic carbocycles. The summed E-state index contributed by atoms with van der Waals surface area (Å²) in [5.74, 6) is -0.496. The summed E-state index contributed by atoms with van der Waals surface area (Å²) in [4.78, 5) is 19.4. The van der Waals surface area contributed by atoms with E-state index in [2.05, 4.69) is 4.98 Å². The molecule has 0 spiro atoms. The molecule has 0 amide bonds. The number of methoxy groups -OCH3 is 2. The normalized spacial score (nSPS) is 13.8. The molecule has 1 aliphatic heterocycles. The van der Waals surface area contributed by atoms with Crippen molar-refractivity contribution in [2.45, 2.75) is 19.3 Å². The molecule has 36 heavy (non-hydrogen) atoms. The molecule has 1 aliphatic rings. The van der Waals surface area contributed by atoms with Crippen LogP contribution < -0.4 is 19.6 Å². The lowest BCUT2D eigenvalue weighted by Gasteiger charge is -2.29. The zero-order chi connectivity index (χ0) is 25.4. The van der Waals surface area contributed by atoms with Crippen molar-refractivity contribution in [2.75, 3.05) is 21.0 Å². The average molecular weight is 498 g/mol. The van der Waals surface area contributed by atoms with E-state index in [9.17, 15) is 18.0 Å². The number of alkyl halides is 3. The van der Waals surface area contributed by atoms with Crippen molar-refractivity contribution in [1.82, 2.24) is 9.88 Å². The maximum atomic E-state index is 14.2. The van der Waals surface area contributed by atoms with Crippen LogP contribution in [-0.2, 0) is 19.3 Å². The fraction of sp³-hybridized carbons (Fsp3) is 0.231. The van der Waals surface area contributed by atoms with Crippen LogP contribution in [-0.4, -0.2) is 30.8 Å². The first-order valence-electron chi connectivity index (χ1n) is 11.0. The molecule has 186 valence electrons. The van der Waals surface area contributed by atoms with Crippen LogP contribution in [0.4, 0.5) is 13.2 Å². The second-order valence-corrected chi connectivity index (χ2v) is 8.24. The zero-order valence-electron chi connectivity index (χ0n) is 19.4. The predicted molar refractivity (Wildman–Crippen MR) is 125 cm³/mol. The smallest absolute Gasteiger partial charge is 0.450 e. The minimum atomic E-state index is -4.93. The van der Waals surface area contributed by atoms with Gasteiger partial charge in [0.15, 0.2) is 11.5 Å². The first-order chi connectivity index (χ1) is 17.3. The largest absolute Gasteiger partial charge is 0.493 e. The number of halogens is 3. The van der Waals surface area contributed by atoms with Crippen LogP contribution in [0.15, 0.2) is 64.1 Å². The summed E-state index contributed by atoms with van der Waals surface area (Å²) < 4.78 is 64.4. The molecular formula is C26H21F3N2O5. The van der Waals surface area contributed by atoms with Gasteiger partial charge in [0.1, 0.15) is 18.1 Å². The van der Waals surface area contributed by atoms with Crippen molar-refractivity contribution >= 4 is 11.0 Å². The average Bonchev–Trinajstić information content (AvgIpc) is 2.88. The summed E-state index contributed by atoms with van der Waals surface area (Å²) in [6.07, 6.45) is -1.60. The van der Waals surface area contributed by atoms with Gasteiger partial charge in [-0.25, -0.2) is 0 Å². The van der Waals surface area contributed by atoms with Crippen LogP contribution in [0.25, 0.3) is 22.1 Å². The molecule has 0 radical (unpaired) electrons. The van der Waals surface area contributed by atoms with E-state index in [0.29, 0.717) is 23.6 Å². The molecule has 5 rings (SSSR count). The highest BCUT2D eigenvalue weighted by molar-refractivity contribution is 5.87. The van der Waals surface area contributed by atoms with Crippen molar-refractivity contribution in [3.05, 3.63) is 82.0 Å². The maximum absolute atomic E-state index is 14.2. The van der Waals surface area contributed by atoms with E-state index in [0.717, 1.165) is 5.56 Å². The van der Waals surface area contributed by atoms with E-state index in [1.807, 2.05) is 17.0 Å². The lowest BCUT2D eigenvalue weighted by molar-refractivity contribution is -0.152. The van der Waals surface area contributed by atoms with Crippen molar-refractivity contribution in [3.63, 3.8) is 0 Å². The Morgan fingerprint density at radius 3 is 2.47 bits per heavy atom. The molecule has 2 aromatic carbocycles. The number of hydrogen-bond acceptors (Lipinski definition) is 7. The molecule has 10 heteroatoms. The van der Waals surface area contributed by atoms with E-state index in [4.69, 9.17) is 18.6 Å². The minimum Gasteiger partial charge on any atom is -0.493 e. The molecule has 0 bridgehead atoms. The number of fused-ring (bicyclic) bond motifs is 3. The highest BCUT2D eigenvalue weighted by Crippen LogP contribution is 2.41. The Labute approximate surface area is 203 Å². The van der Waals surface area contributed by atoms with Gasteiger partial charge in [-0.2, -0.15) is 13.2 Å². The highest BCUT2D eigenvalue weighted by atomic mass is 19.4. The third-order valence-electron chi connectivity index (χ3n) is 5.99. The van der Waals surface area contributed by atoms with Crippen LogP contribution in [0.1, 0.15) is 16.9 Å². The Kier molecular flexibility index (Phi) is 6.05. The van der Waals surface area contributed by atoms with E-state index in [-0.39, 0.29) is 35.6 Å². The van der Waals surface area contributed by atoms with Gasteiger partial charge in [0.25, 0.3) is 0 Å². The standard InChI is InChI=1S/C26H21F3N2O5/c1-33-20-5-3-16(11-21(20)34-2)22-23(32)17-4-6-19-18(24(17)36-25(22)26(27,28)29)13-31(14-35-19)12-15-7-9-30-10-8-15/h3-11H,12-14H2,1-2H3. The number of ether oxygens (including phenoxy) is 3. The fourth-order valence-corrected chi connectivity index (χ4v) is 4.31. The van der Waals surface area contributed by atoms with Crippen molar-refractivity contribution < 1.29 is 31.8 Å². The number of pyridine rings is 1. The monoisotopic (exact) mass is 498 g/mol. The van der Waals surface area contributed by atoms with E-state index in [1.54, 1.807) is 18.5 Å². The quantitative estimate of drug-likeness (QED) is 0.372. The number of aromatic nitrogens is 1. The summed E-state index contributed by atoms with van der Waals surface area (Å²) >= 11 is 0. The van der Waals surface area contributed by atoms with Crippen LogP contribution in [0.3, 0.4) is 0 Å². The Morgan fingerprint density at radius 1 is 1.03 bits per heavy atom. The maximum Gasteiger partial charge on any atom is 0.450 e. The summed E-state index contributed by atoms with van der Waals surface area (Å²) in [7, 11) is 2.77. The van der Waals surface area contributed by atoms with E-state index in [1.165, 1.54) is 38.5 Å². The van der Waals surface area contributed by atoms with Gasteiger partial charge in [-0.1, -0.05) is 6.07 Å². The van der Waals surface area contributed by atoms with E-state index >= 15 is 0 Å². The van der Waals surface area contributed by atoms with Crippen LogP contribution in [0, 0.1) is 0 Å². The molecule has 3 heterocycles. The first-order valence-corrected chi connectivity index (χ1v) is 11.0. The zero-order valence-corrected chi connectivity index (χ0v) is 19.4. The topological polar surface area (TPSA) is 74.0 Å². The number of rotatable bonds is 5. The molecule has 0 saturated heterocycles. The highest BCUT2D eigenvalue weighted by Gasteiger charge is 2.40. The minimum absolute atomic E-state index is 0.00362. The van der Waals surface area contributed by atoms with Crippen LogP contribution >= 0.6 is 0 Å². The Balaban J connectivity index is 1.67. The van der Waals surface area contributed by atoms with Gasteiger partial charge in [-0.05, 0) is 47.5 Å². The molecule has 0 fully saturated rings. The molecule has 0 saturated carbocycles. The number of benzene rings is 2. The summed E-state index contributed by atoms with van der Waals surface area (Å²) in [5, 5.41) is 0.0286. The first kappa shape index (κ1) is 23.7. The molecule has 0 N–H and O–H groups in total. The third kappa shape index (κ3) is 4.24. The van der Waals surface area contributed by atoms with Crippen LogP contribution in [0.5, 0.6) is 17.2 Å². The second kappa shape index (κ2) is 9.19. The third-order valence-corrected chi connectivity index (χ3v) is 5.99.